The van der Waals surface area contributed by atoms with Gasteiger partial charge in [0.1, 0.15) is 10.8 Å². The number of thiophene rings is 1. The SMILES string of the molecule is CCOC(=O)c1c(NC(=O)c2cccc(F)c2)sc2c1CCC(C(C)(C)CC)C2. The van der Waals surface area contributed by atoms with Crippen molar-refractivity contribution in [3.63, 3.8) is 0 Å². The van der Waals surface area contributed by atoms with Crippen molar-refractivity contribution in [3.05, 3.63) is 51.7 Å². The fraction of sp³-hybridized carbons (Fsp3) is 0.478. The van der Waals surface area contributed by atoms with Crippen LogP contribution in [0.2, 0.25) is 0 Å². The number of halogens is 1. The number of carbonyl (C=O) groups excluding carboxylic acids is 2. The molecule has 1 unspecified atom stereocenters. The largest absolute Gasteiger partial charge is 0.462 e. The first kappa shape index (κ1) is 21.5. The van der Waals surface area contributed by atoms with Crippen LogP contribution in [0.5, 0.6) is 0 Å². The third-order valence-corrected chi connectivity index (χ3v) is 7.24. The minimum Gasteiger partial charge on any atom is -0.462 e. The second kappa shape index (κ2) is 8.66. The van der Waals surface area contributed by atoms with Crippen LogP contribution in [-0.4, -0.2) is 18.5 Å². The summed E-state index contributed by atoms with van der Waals surface area (Å²) in [5.41, 5.74) is 1.89. The number of esters is 1. The lowest BCUT2D eigenvalue weighted by Crippen LogP contribution is -2.28. The monoisotopic (exact) mass is 417 g/mol. The second-order valence-electron chi connectivity index (χ2n) is 8.17. The number of anilines is 1. The summed E-state index contributed by atoms with van der Waals surface area (Å²) in [7, 11) is 0. The molecule has 6 heteroatoms. The first-order valence-corrected chi connectivity index (χ1v) is 11.0. The third-order valence-electron chi connectivity index (χ3n) is 6.08. The number of nitrogens with one attached hydrogen (secondary N) is 1. The van der Waals surface area contributed by atoms with Gasteiger partial charge >= 0.3 is 5.97 Å². The Kier molecular flexibility index (Phi) is 6.42. The summed E-state index contributed by atoms with van der Waals surface area (Å²) in [6, 6.07) is 5.52. The van der Waals surface area contributed by atoms with Crippen molar-refractivity contribution in [1.29, 1.82) is 0 Å². The number of rotatable bonds is 6. The molecule has 0 saturated carbocycles. The summed E-state index contributed by atoms with van der Waals surface area (Å²) in [4.78, 5) is 26.5. The van der Waals surface area contributed by atoms with E-state index in [1.54, 1.807) is 13.0 Å². The third kappa shape index (κ3) is 4.53. The maximum Gasteiger partial charge on any atom is 0.341 e. The van der Waals surface area contributed by atoms with E-state index in [0.29, 0.717) is 16.5 Å². The molecule has 4 nitrogen and oxygen atoms in total. The molecule has 1 aliphatic carbocycles. The van der Waals surface area contributed by atoms with Crippen LogP contribution in [0.1, 0.15) is 71.7 Å². The highest BCUT2D eigenvalue weighted by atomic mass is 32.1. The number of fused-ring (bicyclic) bond motifs is 1. The number of carbonyl (C=O) groups is 2. The second-order valence-corrected chi connectivity index (χ2v) is 9.28. The Morgan fingerprint density at radius 2 is 2.07 bits per heavy atom. The molecule has 2 aromatic rings. The lowest BCUT2D eigenvalue weighted by molar-refractivity contribution is 0.0526. The summed E-state index contributed by atoms with van der Waals surface area (Å²) >= 11 is 1.45. The van der Waals surface area contributed by atoms with E-state index in [0.717, 1.165) is 36.1 Å². The zero-order valence-electron chi connectivity index (χ0n) is 17.4. The van der Waals surface area contributed by atoms with Crippen LogP contribution in [0.25, 0.3) is 0 Å². The van der Waals surface area contributed by atoms with Crippen molar-refractivity contribution in [3.8, 4) is 0 Å². The van der Waals surface area contributed by atoms with E-state index in [1.807, 2.05) is 0 Å². The van der Waals surface area contributed by atoms with E-state index >= 15 is 0 Å². The highest BCUT2D eigenvalue weighted by Crippen LogP contribution is 2.45. The average Bonchev–Trinajstić information content (AvgIpc) is 3.05. The van der Waals surface area contributed by atoms with Gasteiger partial charge in [-0.2, -0.15) is 0 Å². The van der Waals surface area contributed by atoms with Crippen molar-refractivity contribution in [2.75, 3.05) is 11.9 Å². The van der Waals surface area contributed by atoms with Gasteiger partial charge in [0.2, 0.25) is 0 Å². The van der Waals surface area contributed by atoms with Crippen LogP contribution < -0.4 is 5.32 Å². The maximum atomic E-state index is 13.5. The summed E-state index contributed by atoms with van der Waals surface area (Å²) in [5, 5.41) is 3.33. The molecule has 29 heavy (non-hydrogen) atoms. The van der Waals surface area contributed by atoms with Gasteiger partial charge in [-0.15, -0.1) is 11.3 Å². The van der Waals surface area contributed by atoms with Gasteiger partial charge in [-0.3, -0.25) is 4.79 Å². The Balaban J connectivity index is 1.94. The number of ether oxygens (including phenoxy) is 1. The van der Waals surface area contributed by atoms with Gasteiger partial charge in [0, 0.05) is 10.4 Å². The fourth-order valence-corrected chi connectivity index (χ4v) is 5.16. The van der Waals surface area contributed by atoms with E-state index in [2.05, 4.69) is 26.1 Å². The lowest BCUT2D eigenvalue weighted by Gasteiger charge is -2.36. The van der Waals surface area contributed by atoms with Gasteiger partial charge < -0.3 is 10.1 Å². The highest BCUT2D eigenvalue weighted by Gasteiger charge is 2.35. The van der Waals surface area contributed by atoms with Gasteiger partial charge in [0.25, 0.3) is 5.91 Å². The maximum absolute atomic E-state index is 13.5. The minimum absolute atomic E-state index is 0.219. The molecule has 0 saturated heterocycles. The zero-order valence-corrected chi connectivity index (χ0v) is 18.2. The van der Waals surface area contributed by atoms with Crippen LogP contribution in [0, 0.1) is 17.2 Å². The van der Waals surface area contributed by atoms with Crippen LogP contribution in [0.4, 0.5) is 9.39 Å². The molecule has 1 aliphatic rings. The Labute approximate surface area is 175 Å². The standard InChI is InChI=1S/C23H28FNO3S/c1-5-23(3,4)15-10-11-17-18(13-15)29-21(19(17)22(27)28-6-2)25-20(26)14-8-7-9-16(24)12-14/h7-9,12,15H,5-6,10-11,13H2,1-4H3,(H,25,26). The first-order chi connectivity index (χ1) is 13.8. The van der Waals surface area contributed by atoms with Crippen LogP contribution in [-0.2, 0) is 17.6 Å². The molecule has 156 valence electrons. The van der Waals surface area contributed by atoms with E-state index in [1.165, 1.54) is 29.5 Å². The Hall–Kier alpha value is -2.21. The zero-order chi connectivity index (χ0) is 21.2. The molecule has 0 aliphatic heterocycles. The molecule has 1 aromatic carbocycles. The number of hydrogen-bond acceptors (Lipinski definition) is 4. The predicted octanol–water partition coefficient (Wildman–Crippen LogP) is 5.86. The number of amides is 1. The van der Waals surface area contributed by atoms with Crippen LogP contribution in [0.3, 0.4) is 0 Å². The lowest BCUT2D eigenvalue weighted by atomic mass is 9.69. The molecule has 1 N–H and O–H groups in total. The van der Waals surface area contributed by atoms with E-state index < -0.39 is 17.7 Å². The summed E-state index contributed by atoms with van der Waals surface area (Å²) in [6.07, 6.45) is 3.79. The molecule has 3 rings (SSSR count). The number of benzene rings is 1. The molecule has 0 radical (unpaired) electrons. The van der Waals surface area contributed by atoms with E-state index in [4.69, 9.17) is 4.74 Å². The van der Waals surface area contributed by atoms with Crippen molar-refractivity contribution in [2.45, 2.75) is 53.4 Å². The summed E-state index contributed by atoms with van der Waals surface area (Å²) in [5.74, 6) is -0.786. The topological polar surface area (TPSA) is 55.4 Å². The molecular formula is C23H28FNO3S. The average molecular weight is 418 g/mol. The number of hydrogen-bond donors (Lipinski definition) is 1. The molecule has 0 bridgehead atoms. The summed E-state index contributed by atoms with van der Waals surface area (Å²) in [6.45, 7) is 8.82. The van der Waals surface area contributed by atoms with Crippen LogP contribution in [0.15, 0.2) is 24.3 Å². The molecule has 1 amide bonds. The fourth-order valence-electron chi connectivity index (χ4n) is 3.85. The quantitative estimate of drug-likeness (QED) is 0.599. The summed E-state index contributed by atoms with van der Waals surface area (Å²) < 4.78 is 18.8. The smallest absolute Gasteiger partial charge is 0.341 e. The Morgan fingerprint density at radius 3 is 2.72 bits per heavy atom. The van der Waals surface area contributed by atoms with Gasteiger partial charge in [-0.1, -0.05) is 33.3 Å². The van der Waals surface area contributed by atoms with Crippen molar-refractivity contribution >= 4 is 28.2 Å². The minimum atomic E-state index is -0.474. The highest BCUT2D eigenvalue weighted by molar-refractivity contribution is 7.17. The van der Waals surface area contributed by atoms with Gasteiger partial charge in [0.15, 0.2) is 0 Å². The van der Waals surface area contributed by atoms with Gasteiger partial charge in [-0.25, -0.2) is 9.18 Å². The molecular weight excluding hydrogens is 389 g/mol. The molecule has 0 fully saturated rings. The van der Waals surface area contributed by atoms with Gasteiger partial charge in [-0.05, 0) is 61.3 Å². The predicted molar refractivity (Wildman–Crippen MR) is 114 cm³/mol. The van der Waals surface area contributed by atoms with E-state index in [9.17, 15) is 14.0 Å². The van der Waals surface area contributed by atoms with Crippen molar-refractivity contribution in [1.82, 2.24) is 0 Å². The molecule has 0 spiro atoms. The Bertz CT molecular complexity index is 919. The van der Waals surface area contributed by atoms with Crippen molar-refractivity contribution in [2.24, 2.45) is 11.3 Å². The first-order valence-electron chi connectivity index (χ1n) is 10.1. The molecule has 1 atom stereocenters. The Morgan fingerprint density at radius 1 is 1.31 bits per heavy atom. The normalized spacial score (nSPS) is 16.2. The molecule has 1 aromatic heterocycles. The van der Waals surface area contributed by atoms with E-state index in [-0.39, 0.29) is 17.6 Å². The van der Waals surface area contributed by atoms with Gasteiger partial charge in [0.05, 0.1) is 12.2 Å². The molecule has 1 heterocycles. The van der Waals surface area contributed by atoms with Crippen LogP contribution >= 0.6 is 11.3 Å². The van der Waals surface area contributed by atoms with Crippen molar-refractivity contribution < 1.29 is 18.7 Å².